The van der Waals surface area contributed by atoms with Crippen LogP contribution in [0, 0.1) is 5.92 Å². The van der Waals surface area contributed by atoms with Gasteiger partial charge >= 0.3 is 0 Å². The molecule has 0 aromatic heterocycles. The average molecular weight is 337 g/mol. The van der Waals surface area contributed by atoms with Crippen LogP contribution in [-0.4, -0.2) is 6.61 Å². The Balaban J connectivity index is 1.66. The first-order chi connectivity index (χ1) is 12.3. The van der Waals surface area contributed by atoms with Crippen LogP contribution in [0.25, 0.3) is 11.1 Å². The zero-order valence-electron chi connectivity index (χ0n) is 15.9. The number of ether oxygens (including phenoxy) is 1. The molecule has 0 saturated heterocycles. The number of hydrogen-bond acceptors (Lipinski definition) is 1. The Morgan fingerprint density at radius 1 is 0.880 bits per heavy atom. The molecule has 25 heavy (non-hydrogen) atoms. The molecule has 0 heterocycles. The van der Waals surface area contributed by atoms with Crippen LogP contribution in [0.3, 0.4) is 0 Å². The molecule has 0 bridgehead atoms. The van der Waals surface area contributed by atoms with Crippen molar-refractivity contribution in [2.45, 2.75) is 65.2 Å². The Hall–Kier alpha value is -1.76. The second kappa shape index (κ2) is 9.08. The molecule has 0 fully saturated rings. The van der Waals surface area contributed by atoms with E-state index in [1.54, 1.807) is 11.1 Å². The SMILES string of the molecule is CCCCOc1ccc(-c2ccc3c(c2)CCC(CCCC)C3)cc1. The van der Waals surface area contributed by atoms with Gasteiger partial charge in [-0.2, -0.15) is 0 Å². The minimum absolute atomic E-state index is 0.813. The largest absolute Gasteiger partial charge is 0.494 e. The number of fused-ring (bicyclic) bond motifs is 1. The molecule has 3 rings (SSSR count). The second-order valence-corrected chi connectivity index (χ2v) is 7.46. The standard InChI is InChI=1S/C24H32O/c1-3-5-7-19-8-9-23-18-22(11-10-21(23)17-19)20-12-14-24(15-13-20)25-16-6-4-2/h10-15,18-19H,3-9,16-17H2,1-2H3. The summed E-state index contributed by atoms with van der Waals surface area (Å²) < 4.78 is 5.77. The van der Waals surface area contributed by atoms with Gasteiger partial charge in [-0.1, -0.05) is 69.9 Å². The molecule has 1 aliphatic carbocycles. The van der Waals surface area contributed by atoms with Gasteiger partial charge in [-0.3, -0.25) is 0 Å². The summed E-state index contributed by atoms with van der Waals surface area (Å²) >= 11 is 0. The maximum atomic E-state index is 5.77. The van der Waals surface area contributed by atoms with E-state index in [0.717, 1.165) is 24.7 Å². The van der Waals surface area contributed by atoms with Gasteiger partial charge in [0.1, 0.15) is 5.75 Å². The van der Waals surface area contributed by atoms with E-state index >= 15 is 0 Å². The zero-order chi connectivity index (χ0) is 17.5. The second-order valence-electron chi connectivity index (χ2n) is 7.46. The summed E-state index contributed by atoms with van der Waals surface area (Å²) in [5.41, 5.74) is 5.77. The van der Waals surface area contributed by atoms with Crippen molar-refractivity contribution in [1.29, 1.82) is 0 Å². The normalized spacial score (nSPS) is 16.5. The highest BCUT2D eigenvalue weighted by Gasteiger charge is 2.18. The minimum atomic E-state index is 0.813. The summed E-state index contributed by atoms with van der Waals surface area (Å²) in [5, 5.41) is 0. The molecule has 0 aliphatic heterocycles. The molecule has 0 radical (unpaired) electrons. The van der Waals surface area contributed by atoms with Crippen LogP contribution >= 0.6 is 0 Å². The highest BCUT2D eigenvalue weighted by atomic mass is 16.5. The van der Waals surface area contributed by atoms with Gasteiger partial charge in [0.2, 0.25) is 0 Å². The van der Waals surface area contributed by atoms with Gasteiger partial charge in [0.25, 0.3) is 0 Å². The van der Waals surface area contributed by atoms with Gasteiger partial charge in [0, 0.05) is 0 Å². The first kappa shape index (κ1) is 18.0. The first-order valence-electron chi connectivity index (χ1n) is 10.1. The monoisotopic (exact) mass is 336 g/mol. The molecule has 134 valence electrons. The quantitative estimate of drug-likeness (QED) is 0.480. The summed E-state index contributed by atoms with van der Waals surface area (Å²) in [6.45, 7) is 5.30. The number of rotatable bonds is 8. The van der Waals surface area contributed by atoms with E-state index < -0.39 is 0 Å². The molecule has 1 aliphatic rings. The molecule has 1 unspecified atom stereocenters. The number of aryl methyl sites for hydroxylation is 1. The third kappa shape index (κ3) is 4.87. The first-order valence-corrected chi connectivity index (χ1v) is 10.1. The van der Waals surface area contributed by atoms with Crippen molar-refractivity contribution in [1.82, 2.24) is 0 Å². The van der Waals surface area contributed by atoms with E-state index in [4.69, 9.17) is 4.74 Å². The predicted octanol–water partition coefficient (Wildman–Crippen LogP) is 6.83. The molecular weight excluding hydrogens is 304 g/mol. The smallest absolute Gasteiger partial charge is 0.119 e. The number of benzene rings is 2. The van der Waals surface area contributed by atoms with Crippen LogP contribution in [0.2, 0.25) is 0 Å². The third-order valence-electron chi connectivity index (χ3n) is 5.46. The van der Waals surface area contributed by atoms with Crippen molar-refractivity contribution in [2.75, 3.05) is 6.61 Å². The lowest BCUT2D eigenvalue weighted by atomic mass is 9.80. The Bertz CT molecular complexity index is 656. The highest BCUT2D eigenvalue weighted by molar-refractivity contribution is 5.65. The third-order valence-corrected chi connectivity index (χ3v) is 5.46. The van der Waals surface area contributed by atoms with Crippen molar-refractivity contribution in [2.24, 2.45) is 5.92 Å². The van der Waals surface area contributed by atoms with E-state index in [-0.39, 0.29) is 0 Å². The van der Waals surface area contributed by atoms with Gasteiger partial charge in [0.15, 0.2) is 0 Å². The van der Waals surface area contributed by atoms with Crippen LogP contribution in [0.4, 0.5) is 0 Å². The Kier molecular flexibility index (Phi) is 6.55. The Morgan fingerprint density at radius 2 is 1.64 bits per heavy atom. The fraction of sp³-hybridized carbons (Fsp3) is 0.500. The summed E-state index contributed by atoms with van der Waals surface area (Å²) in [6.07, 6.45) is 10.3. The zero-order valence-corrected chi connectivity index (χ0v) is 15.9. The fourth-order valence-corrected chi connectivity index (χ4v) is 3.83. The number of unbranched alkanes of at least 4 members (excludes halogenated alkanes) is 2. The van der Waals surface area contributed by atoms with Crippen molar-refractivity contribution in [3.63, 3.8) is 0 Å². The van der Waals surface area contributed by atoms with E-state index in [2.05, 4.69) is 56.3 Å². The van der Waals surface area contributed by atoms with Gasteiger partial charge in [0.05, 0.1) is 6.61 Å². The molecular formula is C24H32O. The molecule has 1 atom stereocenters. The molecule has 0 N–H and O–H groups in total. The van der Waals surface area contributed by atoms with Crippen LogP contribution in [0.5, 0.6) is 5.75 Å². The predicted molar refractivity (Wildman–Crippen MR) is 107 cm³/mol. The van der Waals surface area contributed by atoms with Crippen LogP contribution in [0.15, 0.2) is 42.5 Å². The summed E-state index contributed by atoms with van der Waals surface area (Å²) in [7, 11) is 0. The highest BCUT2D eigenvalue weighted by Crippen LogP contribution is 2.32. The maximum Gasteiger partial charge on any atom is 0.119 e. The lowest BCUT2D eigenvalue weighted by Crippen LogP contribution is -2.14. The lowest BCUT2D eigenvalue weighted by Gasteiger charge is -2.25. The van der Waals surface area contributed by atoms with Gasteiger partial charge in [-0.15, -0.1) is 0 Å². The molecule has 1 nitrogen and oxygen atoms in total. The van der Waals surface area contributed by atoms with E-state index in [0.29, 0.717) is 0 Å². The summed E-state index contributed by atoms with van der Waals surface area (Å²) in [4.78, 5) is 0. The molecule has 0 spiro atoms. The van der Waals surface area contributed by atoms with Crippen molar-refractivity contribution in [3.8, 4) is 16.9 Å². The summed E-state index contributed by atoms with van der Waals surface area (Å²) in [5.74, 6) is 1.88. The Morgan fingerprint density at radius 3 is 2.40 bits per heavy atom. The van der Waals surface area contributed by atoms with E-state index in [9.17, 15) is 0 Å². The summed E-state index contributed by atoms with van der Waals surface area (Å²) in [6, 6.07) is 15.7. The van der Waals surface area contributed by atoms with Crippen LogP contribution in [-0.2, 0) is 12.8 Å². The molecule has 0 amide bonds. The van der Waals surface area contributed by atoms with Crippen molar-refractivity contribution < 1.29 is 4.74 Å². The van der Waals surface area contributed by atoms with Gasteiger partial charge in [-0.25, -0.2) is 0 Å². The van der Waals surface area contributed by atoms with Crippen molar-refractivity contribution in [3.05, 3.63) is 53.6 Å². The van der Waals surface area contributed by atoms with Crippen LogP contribution in [0.1, 0.15) is 63.5 Å². The fourth-order valence-electron chi connectivity index (χ4n) is 3.83. The van der Waals surface area contributed by atoms with E-state index in [1.807, 2.05) is 0 Å². The molecule has 0 saturated carbocycles. The minimum Gasteiger partial charge on any atom is -0.494 e. The molecule has 2 aromatic rings. The topological polar surface area (TPSA) is 9.23 Å². The maximum absolute atomic E-state index is 5.77. The Labute approximate surface area is 153 Å². The van der Waals surface area contributed by atoms with Gasteiger partial charge in [-0.05, 0) is 66.0 Å². The molecule has 1 heteroatoms. The van der Waals surface area contributed by atoms with Crippen LogP contribution < -0.4 is 4.74 Å². The van der Waals surface area contributed by atoms with E-state index in [1.165, 1.54) is 56.1 Å². The molecule has 2 aromatic carbocycles. The van der Waals surface area contributed by atoms with Gasteiger partial charge < -0.3 is 4.74 Å². The van der Waals surface area contributed by atoms with Crippen molar-refractivity contribution >= 4 is 0 Å². The lowest BCUT2D eigenvalue weighted by molar-refractivity contribution is 0.309. The number of hydrogen-bond donors (Lipinski definition) is 0. The average Bonchev–Trinajstić information content (AvgIpc) is 2.66.